The summed E-state index contributed by atoms with van der Waals surface area (Å²) in [4.78, 5) is 0. The zero-order valence-corrected chi connectivity index (χ0v) is 6.10. The summed E-state index contributed by atoms with van der Waals surface area (Å²) in [7, 11) is 0. The Kier molecular flexibility index (Phi) is 2.89. The predicted molar refractivity (Wildman–Crippen MR) is 41.3 cm³/mol. The molecule has 0 bridgehead atoms. The van der Waals surface area contributed by atoms with Gasteiger partial charge in [-0.05, 0) is 25.3 Å². The minimum atomic E-state index is 0.422. The minimum Gasteiger partial charge on any atom is -0.486 e. The largest absolute Gasteiger partial charge is 0.486 e. The van der Waals surface area contributed by atoms with Gasteiger partial charge in [-0.25, -0.2) is 0 Å². The zero-order valence-electron chi connectivity index (χ0n) is 6.10. The molecule has 1 aliphatic rings. The molecule has 0 heterocycles. The Morgan fingerprint density at radius 3 is 3.10 bits per heavy atom. The van der Waals surface area contributed by atoms with Crippen molar-refractivity contribution < 1.29 is 4.74 Å². The molecule has 0 aromatic rings. The third-order valence-electron chi connectivity index (χ3n) is 1.59. The van der Waals surface area contributed by atoms with Crippen molar-refractivity contribution in [1.82, 2.24) is 0 Å². The number of terminal acetylenes is 1. The fourth-order valence-electron chi connectivity index (χ4n) is 1.07. The van der Waals surface area contributed by atoms with E-state index in [1.165, 1.54) is 12.8 Å². The van der Waals surface area contributed by atoms with E-state index in [1.54, 1.807) is 0 Å². The van der Waals surface area contributed by atoms with Crippen LogP contribution in [0.5, 0.6) is 0 Å². The van der Waals surface area contributed by atoms with Gasteiger partial charge in [0.1, 0.15) is 6.61 Å². The predicted octanol–water partition coefficient (Wildman–Crippen LogP) is 2.09. The Morgan fingerprint density at radius 1 is 1.60 bits per heavy atom. The molecular weight excluding hydrogens is 124 g/mol. The number of hydrogen-bond acceptors (Lipinski definition) is 1. The summed E-state index contributed by atoms with van der Waals surface area (Å²) in [5.41, 5.74) is 0. The Hall–Kier alpha value is -0.900. The monoisotopic (exact) mass is 136 g/mol. The highest BCUT2D eigenvalue weighted by Gasteiger charge is 2.02. The summed E-state index contributed by atoms with van der Waals surface area (Å²) in [5.74, 6) is 3.54. The van der Waals surface area contributed by atoms with Crippen LogP contribution in [0.4, 0.5) is 0 Å². The van der Waals surface area contributed by atoms with Crippen LogP contribution in [0.25, 0.3) is 0 Å². The molecule has 1 nitrogen and oxygen atoms in total. The molecule has 54 valence electrons. The quantitative estimate of drug-likeness (QED) is 0.528. The number of rotatable bonds is 2. The molecule has 0 N–H and O–H groups in total. The highest BCUT2D eigenvalue weighted by Crippen LogP contribution is 2.17. The van der Waals surface area contributed by atoms with Crippen molar-refractivity contribution in [2.45, 2.75) is 25.7 Å². The van der Waals surface area contributed by atoms with E-state index in [1.807, 2.05) is 0 Å². The molecular formula is C9H12O. The second-order valence-electron chi connectivity index (χ2n) is 2.41. The molecule has 1 aliphatic carbocycles. The third kappa shape index (κ3) is 2.14. The van der Waals surface area contributed by atoms with Crippen LogP contribution in [0.1, 0.15) is 25.7 Å². The van der Waals surface area contributed by atoms with Crippen molar-refractivity contribution in [2.75, 3.05) is 6.61 Å². The van der Waals surface area contributed by atoms with Gasteiger partial charge in [0.15, 0.2) is 0 Å². The average Bonchev–Trinajstić information content (AvgIpc) is 2.03. The maximum absolute atomic E-state index is 5.26. The summed E-state index contributed by atoms with van der Waals surface area (Å²) in [5, 5.41) is 0. The van der Waals surface area contributed by atoms with Gasteiger partial charge in [-0.1, -0.05) is 5.92 Å². The van der Waals surface area contributed by atoms with Gasteiger partial charge in [-0.15, -0.1) is 6.42 Å². The lowest BCUT2D eigenvalue weighted by Crippen LogP contribution is -1.97. The molecule has 0 saturated carbocycles. The standard InChI is InChI=1S/C9H12O/c1-2-8-10-9-6-4-3-5-7-9/h1,6H,3-5,7-8H2. The van der Waals surface area contributed by atoms with Gasteiger partial charge in [-0.2, -0.15) is 0 Å². The van der Waals surface area contributed by atoms with Crippen molar-refractivity contribution in [3.8, 4) is 12.3 Å². The Balaban J connectivity index is 2.26. The van der Waals surface area contributed by atoms with Gasteiger partial charge in [0.2, 0.25) is 0 Å². The molecule has 0 atom stereocenters. The average molecular weight is 136 g/mol. The molecule has 0 aromatic heterocycles. The van der Waals surface area contributed by atoms with Crippen LogP contribution in [0.2, 0.25) is 0 Å². The van der Waals surface area contributed by atoms with E-state index in [0.717, 1.165) is 18.6 Å². The van der Waals surface area contributed by atoms with Gasteiger partial charge in [0, 0.05) is 6.42 Å². The van der Waals surface area contributed by atoms with Crippen LogP contribution in [-0.4, -0.2) is 6.61 Å². The van der Waals surface area contributed by atoms with E-state index < -0.39 is 0 Å². The Bertz CT molecular complexity index is 162. The lowest BCUT2D eigenvalue weighted by atomic mass is 10.1. The Labute approximate surface area is 62.1 Å². The molecule has 0 radical (unpaired) electrons. The minimum absolute atomic E-state index is 0.422. The third-order valence-corrected chi connectivity index (χ3v) is 1.59. The van der Waals surface area contributed by atoms with Crippen LogP contribution in [0.15, 0.2) is 11.8 Å². The summed E-state index contributed by atoms with van der Waals surface area (Å²) in [6, 6.07) is 0. The first-order valence-electron chi connectivity index (χ1n) is 3.69. The summed E-state index contributed by atoms with van der Waals surface area (Å²) in [6.45, 7) is 0.422. The smallest absolute Gasteiger partial charge is 0.148 e. The lowest BCUT2D eigenvalue weighted by molar-refractivity contribution is 0.233. The number of hydrogen-bond donors (Lipinski definition) is 0. The van der Waals surface area contributed by atoms with Gasteiger partial charge in [-0.3, -0.25) is 0 Å². The van der Waals surface area contributed by atoms with Gasteiger partial charge < -0.3 is 4.74 Å². The first-order valence-corrected chi connectivity index (χ1v) is 3.69. The summed E-state index contributed by atoms with van der Waals surface area (Å²) >= 11 is 0. The summed E-state index contributed by atoms with van der Waals surface area (Å²) < 4.78 is 5.26. The fraction of sp³-hybridized carbons (Fsp3) is 0.556. The highest BCUT2D eigenvalue weighted by molar-refractivity contribution is 4.98. The lowest BCUT2D eigenvalue weighted by Gasteiger charge is -2.11. The first-order chi connectivity index (χ1) is 4.93. The topological polar surface area (TPSA) is 9.23 Å². The molecule has 1 rings (SSSR count). The molecule has 0 fully saturated rings. The van der Waals surface area contributed by atoms with Crippen LogP contribution in [0, 0.1) is 12.3 Å². The molecule has 0 saturated heterocycles. The second-order valence-corrected chi connectivity index (χ2v) is 2.41. The first kappa shape index (κ1) is 7.21. The van der Waals surface area contributed by atoms with Gasteiger partial charge in [0.05, 0.1) is 5.76 Å². The normalized spacial score (nSPS) is 17.3. The zero-order chi connectivity index (χ0) is 7.23. The molecule has 0 spiro atoms. The van der Waals surface area contributed by atoms with Crippen molar-refractivity contribution in [2.24, 2.45) is 0 Å². The molecule has 0 amide bonds. The van der Waals surface area contributed by atoms with Crippen LogP contribution >= 0.6 is 0 Å². The van der Waals surface area contributed by atoms with Crippen molar-refractivity contribution in [3.63, 3.8) is 0 Å². The number of allylic oxidation sites excluding steroid dienone is 2. The van der Waals surface area contributed by atoms with Crippen molar-refractivity contribution in [3.05, 3.63) is 11.8 Å². The molecule has 0 aliphatic heterocycles. The molecule has 0 unspecified atom stereocenters. The molecule has 1 heteroatoms. The SMILES string of the molecule is C#CCOC1=CCCCC1. The highest BCUT2D eigenvalue weighted by atomic mass is 16.5. The van der Waals surface area contributed by atoms with Crippen LogP contribution in [-0.2, 0) is 4.74 Å². The molecule has 10 heavy (non-hydrogen) atoms. The number of ether oxygens (including phenoxy) is 1. The van der Waals surface area contributed by atoms with Gasteiger partial charge in [0.25, 0.3) is 0 Å². The van der Waals surface area contributed by atoms with Gasteiger partial charge >= 0.3 is 0 Å². The van der Waals surface area contributed by atoms with E-state index in [4.69, 9.17) is 11.2 Å². The molecule has 0 aromatic carbocycles. The van der Waals surface area contributed by atoms with E-state index >= 15 is 0 Å². The maximum atomic E-state index is 5.26. The van der Waals surface area contributed by atoms with Crippen molar-refractivity contribution >= 4 is 0 Å². The van der Waals surface area contributed by atoms with Crippen LogP contribution in [0.3, 0.4) is 0 Å². The van der Waals surface area contributed by atoms with E-state index in [-0.39, 0.29) is 0 Å². The maximum Gasteiger partial charge on any atom is 0.148 e. The summed E-state index contributed by atoms with van der Waals surface area (Å²) in [6.07, 6.45) is 11.9. The van der Waals surface area contributed by atoms with Crippen molar-refractivity contribution in [1.29, 1.82) is 0 Å². The van der Waals surface area contributed by atoms with E-state index in [9.17, 15) is 0 Å². The fourth-order valence-corrected chi connectivity index (χ4v) is 1.07. The van der Waals surface area contributed by atoms with E-state index in [0.29, 0.717) is 6.61 Å². The Morgan fingerprint density at radius 2 is 2.50 bits per heavy atom. The van der Waals surface area contributed by atoms with E-state index in [2.05, 4.69) is 12.0 Å². The second kappa shape index (κ2) is 4.00. The van der Waals surface area contributed by atoms with Crippen LogP contribution < -0.4 is 0 Å².